The molecular weight excluding hydrogens is 392 g/mol. The molecule has 10 heteroatoms. The summed E-state index contributed by atoms with van der Waals surface area (Å²) in [5.74, 6) is -4.64. The molecule has 5 nitrogen and oxygen atoms in total. The van der Waals surface area contributed by atoms with Gasteiger partial charge in [-0.05, 0) is 43.4 Å². The molecule has 0 amide bonds. The van der Waals surface area contributed by atoms with Crippen LogP contribution >= 0.6 is 0 Å². The van der Waals surface area contributed by atoms with Crippen molar-refractivity contribution >= 4 is 16.1 Å². The maximum atomic E-state index is 13.4. The van der Waals surface area contributed by atoms with Gasteiger partial charge in [-0.2, -0.15) is 26.0 Å². The van der Waals surface area contributed by atoms with Crippen LogP contribution in [0.5, 0.6) is 0 Å². The first-order valence-electron chi connectivity index (χ1n) is 8.91. The molecule has 1 aliphatic carbocycles. The fourth-order valence-corrected chi connectivity index (χ4v) is 4.37. The average Bonchev–Trinajstić information content (AvgIpc) is 2.69. The lowest BCUT2D eigenvalue weighted by molar-refractivity contribution is -0.166. The lowest BCUT2D eigenvalue weighted by atomic mass is 9.73. The third kappa shape index (κ3) is 4.26. The third-order valence-electron chi connectivity index (χ3n) is 6.61. The SMILES string of the molecule is CC1C(C)C(C)C(C)(C(=O)OCCCCC(F)(F)C(F)(F)S(=O)(=O)O)C1C. The molecule has 160 valence electrons. The van der Waals surface area contributed by atoms with Gasteiger partial charge in [-0.25, -0.2) is 0 Å². The smallest absolute Gasteiger partial charge is 0.431 e. The predicted octanol–water partition coefficient (Wildman–Crippen LogP) is 4.38. The van der Waals surface area contributed by atoms with Crippen LogP contribution in [0.15, 0.2) is 0 Å². The fourth-order valence-electron chi connectivity index (χ4n) is 3.89. The second kappa shape index (κ2) is 7.85. The molecule has 1 N–H and O–H groups in total. The topological polar surface area (TPSA) is 80.7 Å². The molecule has 4 unspecified atom stereocenters. The Kier molecular flexibility index (Phi) is 7.02. The summed E-state index contributed by atoms with van der Waals surface area (Å²) < 4.78 is 87.3. The first-order valence-corrected chi connectivity index (χ1v) is 10.4. The zero-order valence-corrected chi connectivity index (χ0v) is 17.0. The summed E-state index contributed by atoms with van der Waals surface area (Å²) in [6.45, 7) is 9.62. The van der Waals surface area contributed by atoms with Crippen LogP contribution in [0, 0.1) is 29.1 Å². The minimum Gasteiger partial charge on any atom is -0.465 e. The van der Waals surface area contributed by atoms with Gasteiger partial charge in [-0.3, -0.25) is 9.35 Å². The molecule has 0 aliphatic heterocycles. The molecule has 0 aromatic heterocycles. The molecule has 0 spiro atoms. The van der Waals surface area contributed by atoms with E-state index in [4.69, 9.17) is 9.29 Å². The van der Waals surface area contributed by atoms with Gasteiger partial charge < -0.3 is 4.74 Å². The van der Waals surface area contributed by atoms with Crippen LogP contribution in [0.25, 0.3) is 0 Å². The van der Waals surface area contributed by atoms with Crippen molar-refractivity contribution in [3.8, 4) is 0 Å². The Hall–Kier alpha value is -0.900. The second-order valence-electron chi connectivity index (χ2n) is 7.87. The van der Waals surface area contributed by atoms with E-state index in [1.807, 2.05) is 20.8 Å². The first-order chi connectivity index (χ1) is 12.0. The molecule has 0 saturated heterocycles. The Labute approximate surface area is 157 Å². The first kappa shape index (κ1) is 24.1. The Morgan fingerprint density at radius 2 is 1.48 bits per heavy atom. The lowest BCUT2D eigenvalue weighted by Gasteiger charge is -2.32. The highest BCUT2D eigenvalue weighted by Crippen LogP contribution is 2.54. The van der Waals surface area contributed by atoms with Gasteiger partial charge in [0.15, 0.2) is 0 Å². The van der Waals surface area contributed by atoms with E-state index in [-0.39, 0.29) is 24.9 Å². The molecule has 1 fully saturated rings. The van der Waals surface area contributed by atoms with Crippen LogP contribution in [0.3, 0.4) is 0 Å². The van der Waals surface area contributed by atoms with Crippen LogP contribution in [-0.2, 0) is 19.6 Å². The summed E-state index contributed by atoms with van der Waals surface area (Å²) in [5, 5.41) is -5.56. The number of esters is 1. The minimum atomic E-state index is -6.23. The van der Waals surface area contributed by atoms with Gasteiger partial charge in [-0.15, -0.1) is 0 Å². The van der Waals surface area contributed by atoms with E-state index < -0.39 is 45.5 Å². The highest BCUT2D eigenvalue weighted by Gasteiger charge is 2.64. The summed E-state index contributed by atoms with van der Waals surface area (Å²) in [4.78, 5) is 12.5. The zero-order valence-electron chi connectivity index (χ0n) is 16.1. The van der Waals surface area contributed by atoms with E-state index in [0.717, 1.165) is 0 Å². The zero-order chi connectivity index (χ0) is 21.4. The Bertz CT molecular complexity index is 636. The fraction of sp³-hybridized carbons (Fsp3) is 0.941. The summed E-state index contributed by atoms with van der Waals surface area (Å²) in [6.07, 6.45) is -2.09. The summed E-state index contributed by atoms with van der Waals surface area (Å²) >= 11 is 0. The Balaban J connectivity index is 2.57. The highest BCUT2D eigenvalue weighted by molar-refractivity contribution is 7.87. The van der Waals surface area contributed by atoms with Crippen molar-refractivity contribution in [3.05, 3.63) is 0 Å². The van der Waals surface area contributed by atoms with Gasteiger partial charge in [0.1, 0.15) is 0 Å². The van der Waals surface area contributed by atoms with Crippen LogP contribution in [0.4, 0.5) is 17.6 Å². The number of hydrogen-bond acceptors (Lipinski definition) is 4. The summed E-state index contributed by atoms with van der Waals surface area (Å²) in [6, 6.07) is 0. The number of carbonyl (C=O) groups is 1. The van der Waals surface area contributed by atoms with Gasteiger partial charge >= 0.3 is 27.3 Å². The molecule has 1 aliphatic rings. The number of unbranched alkanes of at least 4 members (excludes halogenated alkanes) is 1. The standard InChI is InChI=1S/C17H28F4O5S/c1-10-11(2)13(4)15(5,12(10)3)14(22)26-9-7-6-8-16(18,19)17(20,21)27(23,24)25/h10-13H,6-9H2,1-5H3,(H,23,24,25). The van der Waals surface area contributed by atoms with Crippen LogP contribution in [0.2, 0.25) is 0 Å². The molecule has 1 rings (SSSR count). The minimum absolute atomic E-state index is 0.0628. The van der Waals surface area contributed by atoms with Crippen molar-refractivity contribution in [3.63, 3.8) is 0 Å². The molecule has 1 saturated carbocycles. The predicted molar refractivity (Wildman–Crippen MR) is 91.0 cm³/mol. The molecule has 0 aromatic carbocycles. The van der Waals surface area contributed by atoms with Crippen molar-refractivity contribution in [2.45, 2.75) is 65.1 Å². The van der Waals surface area contributed by atoms with Crippen molar-refractivity contribution < 1.29 is 40.1 Å². The normalized spacial score (nSPS) is 32.5. The summed E-state index contributed by atoms with van der Waals surface area (Å²) in [7, 11) is -6.23. The molecule has 0 heterocycles. The maximum absolute atomic E-state index is 13.4. The molecule has 4 atom stereocenters. The number of halogens is 4. The van der Waals surface area contributed by atoms with E-state index in [0.29, 0.717) is 11.8 Å². The Morgan fingerprint density at radius 1 is 1.04 bits per heavy atom. The van der Waals surface area contributed by atoms with E-state index in [1.54, 1.807) is 0 Å². The van der Waals surface area contributed by atoms with Gasteiger partial charge in [0, 0.05) is 6.42 Å². The monoisotopic (exact) mass is 420 g/mol. The van der Waals surface area contributed by atoms with Crippen LogP contribution in [-0.4, -0.2) is 36.7 Å². The summed E-state index contributed by atoms with van der Waals surface area (Å²) in [5.41, 5.74) is -0.721. The van der Waals surface area contributed by atoms with Crippen molar-refractivity contribution in [1.82, 2.24) is 0 Å². The van der Waals surface area contributed by atoms with E-state index in [9.17, 15) is 30.8 Å². The average molecular weight is 420 g/mol. The molecule has 0 radical (unpaired) electrons. The van der Waals surface area contributed by atoms with E-state index in [1.165, 1.54) is 0 Å². The quantitative estimate of drug-likeness (QED) is 0.273. The number of rotatable bonds is 8. The highest BCUT2D eigenvalue weighted by atomic mass is 32.2. The molecule has 0 bridgehead atoms. The number of alkyl halides is 4. The Morgan fingerprint density at radius 3 is 1.89 bits per heavy atom. The van der Waals surface area contributed by atoms with Gasteiger partial charge in [0.25, 0.3) is 0 Å². The lowest BCUT2D eigenvalue weighted by Crippen LogP contribution is -2.46. The maximum Gasteiger partial charge on any atom is 0.431 e. The largest absolute Gasteiger partial charge is 0.465 e. The van der Waals surface area contributed by atoms with Gasteiger partial charge in [-0.1, -0.05) is 27.7 Å². The van der Waals surface area contributed by atoms with E-state index >= 15 is 0 Å². The van der Waals surface area contributed by atoms with Crippen molar-refractivity contribution in [2.75, 3.05) is 6.61 Å². The third-order valence-corrected chi connectivity index (χ3v) is 7.55. The number of hydrogen-bond donors (Lipinski definition) is 1. The van der Waals surface area contributed by atoms with E-state index in [2.05, 4.69) is 13.8 Å². The number of carbonyl (C=O) groups excluding carboxylic acids is 1. The van der Waals surface area contributed by atoms with Gasteiger partial charge in [0.2, 0.25) is 0 Å². The molecule has 27 heavy (non-hydrogen) atoms. The van der Waals surface area contributed by atoms with Crippen molar-refractivity contribution in [1.29, 1.82) is 0 Å². The van der Waals surface area contributed by atoms with Crippen LogP contribution in [0.1, 0.15) is 53.9 Å². The van der Waals surface area contributed by atoms with Crippen molar-refractivity contribution in [2.24, 2.45) is 29.1 Å². The van der Waals surface area contributed by atoms with Gasteiger partial charge in [0.05, 0.1) is 12.0 Å². The molecular formula is C17H28F4O5S. The second-order valence-corrected chi connectivity index (χ2v) is 9.33. The molecule has 0 aromatic rings. The van der Waals surface area contributed by atoms with Crippen LogP contribution < -0.4 is 0 Å². The number of ether oxygens (including phenoxy) is 1.